The van der Waals surface area contributed by atoms with Crippen LogP contribution in [0.1, 0.15) is 32.1 Å². The van der Waals surface area contributed by atoms with E-state index in [0.717, 1.165) is 6.54 Å². The van der Waals surface area contributed by atoms with Gasteiger partial charge in [0, 0.05) is 6.54 Å². The summed E-state index contributed by atoms with van der Waals surface area (Å²) in [5, 5.41) is 0. The smallest absolute Gasteiger partial charge is 0.0664 e. The predicted molar refractivity (Wildman–Crippen MR) is 36.0 cm³/mol. The normalized spacial score (nSPS) is 32.0. The monoisotopic (exact) mass is 125 g/mol. The van der Waals surface area contributed by atoms with Crippen LogP contribution in [-0.4, -0.2) is 12.1 Å². The minimum absolute atomic E-state index is 0.415. The number of rotatable bonds is 0. The zero-order valence-corrected chi connectivity index (χ0v) is 5.69. The van der Waals surface area contributed by atoms with Crippen LogP contribution >= 0.6 is 0 Å². The molecule has 9 heavy (non-hydrogen) atoms. The molecule has 0 unspecified atom stereocenters. The van der Waals surface area contributed by atoms with Crippen LogP contribution in [0.4, 0.5) is 0 Å². The molecule has 2 fully saturated rings. The van der Waals surface area contributed by atoms with E-state index in [1.165, 1.54) is 32.1 Å². The third-order valence-electron chi connectivity index (χ3n) is 2.51. The van der Waals surface area contributed by atoms with Crippen molar-refractivity contribution < 1.29 is 0 Å². The van der Waals surface area contributed by atoms with Crippen LogP contribution in [0, 0.1) is 0 Å². The van der Waals surface area contributed by atoms with Crippen molar-refractivity contribution in [2.24, 2.45) is 0 Å². The highest BCUT2D eigenvalue weighted by Crippen LogP contribution is 2.31. The van der Waals surface area contributed by atoms with E-state index in [9.17, 15) is 0 Å². The topological polar surface area (TPSA) is 26.1 Å². The van der Waals surface area contributed by atoms with Crippen molar-refractivity contribution in [3.05, 3.63) is 0 Å². The van der Waals surface area contributed by atoms with Crippen molar-refractivity contribution in [2.75, 3.05) is 6.54 Å². The van der Waals surface area contributed by atoms with Gasteiger partial charge in [0.15, 0.2) is 0 Å². The van der Waals surface area contributed by atoms with Crippen LogP contribution in [0.3, 0.4) is 0 Å². The molecular formula is C7H13N2. The molecule has 2 heteroatoms. The summed E-state index contributed by atoms with van der Waals surface area (Å²) in [6.45, 7) is 1.15. The Labute approximate surface area is 56.0 Å². The molecule has 0 bridgehead atoms. The van der Waals surface area contributed by atoms with Gasteiger partial charge in [0.2, 0.25) is 0 Å². The van der Waals surface area contributed by atoms with Gasteiger partial charge in [-0.2, -0.15) is 5.43 Å². The molecule has 2 rings (SSSR count). The molecule has 0 aromatic heterocycles. The van der Waals surface area contributed by atoms with E-state index in [1.54, 1.807) is 0 Å². The zero-order valence-electron chi connectivity index (χ0n) is 5.69. The van der Waals surface area contributed by atoms with Crippen molar-refractivity contribution in [1.29, 1.82) is 0 Å². The van der Waals surface area contributed by atoms with E-state index < -0.39 is 0 Å². The van der Waals surface area contributed by atoms with E-state index in [4.69, 9.17) is 0 Å². The number of nitrogens with one attached hydrogen (secondary N) is 1. The summed E-state index contributed by atoms with van der Waals surface area (Å²) in [6.07, 6.45) is 6.88. The van der Waals surface area contributed by atoms with E-state index in [-0.39, 0.29) is 0 Å². The van der Waals surface area contributed by atoms with Crippen molar-refractivity contribution in [2.45, 2.75) is 37.6 Å². The third-order valence-corrected chi connectivity index (χ3v) is 2.51. The summed E-state index contributed by atoms with van der Waals surface area (Å²) in [5.74, 6) is 0. The fraction of sp³-hybridized carbons (Fsp3) is 1.00. The molecule has 1 aliphatic heterocycles. The summed E-state index contributed by atoms with van der Waals surface area (Å²) < 4.78 is 0. The summed E-state index contributed by atoms with van der Waals surface area (Å²) in [5.41, 5.74) is 7.72. The summed E-state index contributed by atoms with van der Waals surface area (Å²) in [6, 6.07) is 0. The van der Waals surface area contributed by atoms with Crippen LogP contribution in [-0.2, 0) is 0 Å². The first-order chi connectivity index (χ1) is 4.41. The highest BCUT2D eigenvalue weighted by molar-refractivity contribution is 4.96. The number of hydrogen-bond donors (Lipinski definition) is 1. The maximum Gasteiger partial charge on any atom is 0.0664 e. The average molecular weight is 125 g/mol. The van der Waals surface area contributed by atoms with E-state index in [1.807, 2.05) is 0 Å². The lowest BCUT2D eigenvalue weighted by molar-refractivity contribution is 0.102. The van der Waals surface area contributed by atoms with Gasteiger partial charge in [0.05, 0.1) is 5.54 Å². The quantitative estimate of drug-likeness (QED) is 0.509. The lowest BCUT2D eigenvalue weighted by atomic mass is 9.80. The second-order valence-electron chi connectivity index (χ2n) is 3.23. The van der Waals surface area contributed by atoms with Gasteiger partial charge < -0.3 is 0 Å². The molecule has 51 valence electrons. The van der Waals surface area contributed by atoms with Gasteiger partial charge in [-0.1, -0.05) is 19.3 Å². The molecule has 1 aliphatic carbocycles. The SMILES string of the molecule is C1CCC2(CC1)CN[N]2. The molecule has 0 aromatic carbocycles. The van der Waals surface area contributed by atoms with Crippen LogP contribution in [0.15, 0.2) is 0 Å². The first-order valence-corrected chi connectivity index (χ1v) is 3.86. The fourth-order valence-electron chi connectivity index (χ4n) is 1.80. The second-order valence-corrected chi connectivity index (χ2v) is 3.23. The highest BCUT2D eigenvalue weighted by atomic mass is 15.5. The first kappa shape index (κ1) is 5.69. The molecular weight excluding hydrogens is 112 g/mol. The van der Waals surface area contributed by atoms with Crippen molar-refractivity contribution in [3.8, 4) is 0 Å². The Bertz CT molecular complexity index is 99.5. The van der Waals surface area contributed by atoms with Gasteiger partial charge in [0.1, 0.15) is 0 Å². The molecule has 0 amide bonds. The van der Waals surface area contributed by atoms with E-state index >= 15 is 0 Å². The Hall–Kier alpha value is -0.0800. The molecule has 1 N–H and O–H groups in total. The standard InChI is InChI=1S/C7H13N2/c1-2-4-7(5-3-1)6-8-9-7/h8H,1-6H2. The first-order valence-electron chi connectivity index (χ1n) is 3.86. The van der Waals surface area contributed by atoms with Crippen LogP contribution in [0.2, 0.25) is 0 Å². The van der Waals surface area contributed by atoms with Crippen LogP contribution < -0.4 is 10.9 Å². The molecule has 1 saturated carbocycles. The summed E-state index contributed by atoms with van der Waals surface area (Å²) in [4.78, 5) is 0. The third kappa shape index (κ3) is 0.864. The van der Waals surface area contributed by atoms with Gasteiger partial charge in [-0.25, -0.2) is 5.43 Å². The molecule has 1 radical (unpaired) electrons. The lowest BCUT2D eigenvalue weighted by Crippen LogP contribution is -2.65. The molecule has 1 saturated heterocycles. The minimum atomic E-state index is 0.415. The maximum absolute atomic E-state index is 4.31. The van der Waals surface area contributed by atoms with Gasteiger partial charge in [-0.3, -0.25) is 0 Å². The van der Waals surface area contributed by atoms with Gasteiger partial charge in [-0.05, 0) is 12.8 Å². The molecule has 2 aliphatic rings. The maximum atomic E-state index is 4.31. The van der Waals surface area contributed by atoms with Crippen molar-refractivity contribution in [1.82, 2.24) is 10.9 Å². The second kappa shape index (κ2) is 1.96. The van der Waals surface area contributed by atoms with Crippen molar-refractivity contribution >= 4 is 0 Å². The Kier molecular flexibility index (Phi) is 1.24. The van der Waals surface area contributed by atoms with Crippen LogP contribution in [0.25, 0.3) is 0 Å². The largest absolute Gasteiger partial charge is 0.238 e. The highest BCUT2D eigenvalue weighted by Gasteiger charge is 2.38. The van der Waals surface area contributed by atoms with Gasteiger partial charge >= 0.3 is 0 Å². The molecule has 0 atom stereocenters. The summed E-state index contributed by atoms with van der Waals surface area (Å²) in [7, 11) is 0. The van der Waals surface area contributed by atoms with Gasteiger partial charge in [0.25, 0.3) is 0 Å². The fourth-order valence-corrected chi connectivity index (χ4v) is 1.80. The molecule has 1 spiro atoms. The Morgan fingerprint density at radius 2 is 1.78 bits per heavy atom. The van der Waals surface area contributed by atoms with Crippen LogP contribution in [0.5, 0.6) is 0 Å². The van der Waals surface area contributed by atoms with E-state index in [2.05, 4.69) is 10.9 Å². The number of hydrogen-bond acceptors (Lipinski definition) is 1. The minimum Gasteiger partial charge on any atom is -0.238 e. The lowest BCUT2D eigenvalue weighted by Gasteiger charge is -2.44. The van der Waals surface area contributed by atoms with E-state index in [0.29, 0.717) is 5.54 Å². The Morgan fingerprint density at radius 3 is 2.11 bits per heavy atom. The van der Waals surface area contributed by atoms with Gasteiger partial charge in [-0.15, -0.1) is 0 Å². The molecule has 1 heterocycles. The average Bonchev–Trinajstić information content (AvgIpc) is 1.87. The Morgan fingerprint density at radius 1 is 1.11 bits per heavy atom. The summed E-state index contributed by atoms with van der Waals surface area (Å²) >= 11 is 0. The number of nitrogens with zero attached hydrogens (tertiary/aromatic N) is 1. The van der Waals surface area contributed by atoms with Crippen molar-refractivity contribution in [3.63, 3.8) is 0 Å². The molecule has 0 aromatic rings. The molecule has 2 nitrogen and oxygen atoms in total. The zero-order chi connectivity index (χ0) is 6.16. The Balaban J connectivity index is 1.93. The predicted octanol–water partition coefficient (Wildman–Crippen LogP) is 0.812.